The molecule has 3 heterocycles. The highest BCUT2D eigenvalue weighted by Crippen LogP contribution is 2.21. The number of aryl methyl sites for hydroxylation is 2. The van der Waals surface area contributed by atoms with Crippen molar-refractivity contribution in [2.45, 2.75) is 32.6 Å². The van der Waals surface area contributed by atoms with Gasteiger partial charge in [-0.2, -0.15) is 4.98 Å². The summed E-state index contributed by atoms with van der Waals surface area (Å²) in [4.78, 5) is 25.4. The quantitative estimate of drug-likeness (QED) is 0.539. The van der Waals surface area contributed by atoms with Crippen LogP contribution >= 0.6 is 0 Å². The monoisotopic (exact) mass is 390 g/mol. The van der Waals surface area contributed by atoms with Crippen molar-refractivity contribution in [3.63, 3.8) is 0 Å². The summed E-state index contributed by atoms with van der Waals surface area (Å²) in [5.41, 5.74) is 3.59. The molecule has 0 aliphatic heterocycles. The van der Waals surface area contributed by atoms with E-state index in [2.05, 4.69) is 51.4 Å². The maximum Gasteiger partial charge on any atom is 0.227 e. The molecule has 0 bridgehead atoms. The Balaban J connectivity index is 1.38. The minimum atomic E-state index is -0.176. The third kappa shape index (κ3) is 4.01. The summed E-state index contributed by atoms with van der Waals surface area (Å²) in [7, 11) is 1.81. The van der Waals surface area contributed by atoms with Crippen molar-refractivity contribution < 1.29 is 9.32 Å². The SMILES string of the molecule is CC(C)c1ccc(-c2noc(CCC(=O)Nc3nc4cccnc4n3C)n2)cc1. The first-order valence-corrected chi connectivity index (χ1v) is 9.51. The number of rotatable bonds is 6. The van der Waals surface area contributed by atoms with Crippen LogP contribution in [-0.2, 0) is 18.3 Å². The lowest BCUT2D eigenvalue weighted by molar-refractivity contribution is -0.116. The zero-order valence-corrected chi connectivity index (χ0v) is 16.6. The molecular formula is C21H22N6O2. The van der Waals surface area contributed by atoms with Gasteiger partial charge in [0.1, 0.15) is 5.52 Å². The molecule has 1 amide bonds. The Hall–Kier alpha value is -3.55. The number of fused-ring (bicyclic) bond motifs is 1. The molecule has 0 unspecified atom stereocenters. The van der Waals surface area contributed by atoms with Gasteiger partial charge in [0.25, 0.3) is 0 Å². The standard InChI is InChI=1S/C21H22N6O2/c1-13(2)14-6-8-15(9-7-14)19-25-18(29-26-19)11-10-17(28)24-21-23-16-5-4-12-22-20(16)27(21)3/h4-9,12-13H,10-11H2,1-3H3,(H,23,24,28). The van der Waals surface area contributed by atoms with Crippen molar-refractivity contribution in [1.29, 1.82) is 0 Å². The molecule has 29 heavy (non-hydrogen) atoms. The first-order valence-electron chi connectivity index (χ1n) is 9.51. The van der Waals surface area contributed by atoms with Crippen LogP contribution in [0.15, 0.2) is 47.1 Å². The highest BCUT2D eigenvalue weighted by atomic mass is 16.5. The molecule has 1 aromatic carbocycles. The summed E-state index contributed by atoms with van der Waals surface area (Å²) in [5.74, 6) is 1.70. The highest BCUT2D eigenvalue weighted by molar-refractivity contribution is 5.91. The normalized spacial score (nSPS) is 11.3. The average Bonchev–Trinajstić information content (AvgIpc) is 3.32. The number of hydrogen-bond acceptors (Lipinski definition) is 6. The molecular weight excluding hydrogens is 368 g/mol. The topological polar surface area (TPSA) is 98.7 Å². The van der Waals surface area contributed by atoms with E-state index in [0.717, 1.165) is 11.1 Å². The third-order valence-electron chi connectivity index (χ3n) is 4.75. The van der Waals surface area contributed by atoms with E-state index in [9.17, 15) is 4.79 Å². The Bertz CT molecular complexity index is 1140. The van der Waals surface area contributed by atoms with Gasteiger partial charge in [0.2, 0.25) is 23.6 Å². The second-order valence-corrected chi connectivity index (χ2v) is 7.18. The summed E-state index contributed by atoms with van der Waals surface area (Å²) in [6.07, 6.45) is 2.26. The predicted molar refractivity (Wildman–Crippen MR) is 109 cm³/mol. The zero-order chi connectivity index (χ0) is 20.4. The van der Waals surface area contributed by atoms with Crippen molar-refractivity contribution in [1.82, 2.24) is 24.7 Å². The number of amides is 1. The molecule has 148 valence electrons. The van der Waals surface area contributed by atoms with Gasteiger partial charge >= 0.3 is 0 Å². The van der Waals surface area contributed by atoms with Crippen molar-refractivity contribution in [2.75, 3.05) is 5.32 Å². The molecule has 8 heteroatoms. The minimum absolute atomic E-state index is 0.176. The van der Waals surface area contributed by atoms with Crippen LogP contribution in [-0.4, -0.2) is 30.6 Å². The smallest absolute Gasteiger partial charge is 0.227 e. The van der Waals surface area contributed by atoms with Gasteiger partial charge in [-0.15, -0.1) is 0 Å². The fourth-order valence-corrected chi connectivity index (χ4v) is 3.03. The number of anilines is 1. The molecule has 0 spiro atoms. The zero-order valence-electron chi connectivity index (χ0n) is 16.6. The Morgan fingerprint density at radius 1 is 1.17 bits per heavy atom. The molecule has 4 aromatic rings. The molecule has 0 radical (unpaired) electrons. The number of carbonyl (C=O) groups is 1. The van der Waals surface area contributed by atoms with Crippen LogP contribution in [0.3, 0.4) is 0 Å². The van der Waals surface area contributed by atoms with E-state index in [4.69, 9.17) is 4.52 Å². The molecule has 0 atom stereocenters. The van der Waals surface area contributed by atoms with Gasteiger partial charge in [0.15, 0.2) is 5.65 Å². The van der Waals surface area contributed by atoms with Crippen molar-refractivity contribution in [3.8, 4) is 11.4 Å². The Morgan fingerprint density at radius 3 is 2.69 bits per heavy atom. The summed E-state index contributed by atoms with van der Waals surface area (Å²) < 4.78 is 7.05. The van der Waals surface area contributed by atoms with E-state index in [1.54, 1.807) is 10.8 Å². The van der Waals surface area contributed by atoms with Crippen LogP contribution in [0, 0.1) is 0 Å². The Kier molecular flexibility index (Phi) is 5.07. The summed E-state index contributed by atoms with van der Waals surface area (Å²) in [5, 5.41) is 6.83. The fraction of sp³-hybridized carbons (Fsp3) is 0.286. The van der Waals surface area contributed by atoms with Crippen molar-refractivity contribution in [3.05, 3.63) is 54.0 Å². The van der Waals surface area contributed by atoms with E-state index >= 15 is 0 Å². The van der Waals surface area contributed by atoms with Gasteiger partial charge < -0.3 is 4.52 Å². The molecule has 0 saturated heterocycles. The lowest BCUT2D eigenvalue weighted by Crippen LogP contribution is -2.15. The highest BCUT2D eigenvalue weighted by Gasteiger charge is 2.14. The number of hydrogen-bond donors (Lipinski definition) is 1. The van der Waals surface area contributed by atoms with Gasteiger partial charge in [-0.05, 0) is 23.6 Å². The van der Waals surface area contributed by atoms with Gasteiger partial charge in [0, 0.05) is 31.6 Å². The molecule has 8 nitrogen and oxygen atoms in total. The minimum Gasteiger partial charge on any atom is -0.339 e. The first kappa shape index (κ1) is 18.8. The van der Waals surface area contributed by atoms with Crippen molar-refractivity contribution in [2.24, 2.45) is 7.05 Å². The Labute approximate surface area is 168 Å². The second kappa shape index (κ2) is 7.83. The number of benzene rings is 1. The molecule has 1 N–H and O–H groups in total. The van der Waals surface area contributed by atoms with Crippen LogP contribution < -0.4 is 5.32 Å². The van der Waals surface area contributed by atoms with Gasteiger partial charge in [-0.25, -0.2) is 9.97 Å². The number of nitrogens with zero attached hydrogens (tertiary/aromatic N) is 5. The maximum absolute atomic E-state index is 12.3. The number of carbonyl (C=O) groups excluding carboxylic acids is 1. The van der Waals surface area contributed by atoms with Crippen LogP contribution in [0.25, 0.3) is 22.6 Å². The van der Waals surface area contributed by atoms with Crippen molar-refractivity contribution >= 4 is 23.0 Å². The Morgan fingerprint density at radius 2 is 1.97 bits per heavy atom. The van der Waals surface area contributed by atoms with Crippen LogP contribution in [0.1, 0.15) is 37.6 Å². The number of imidazole rings is 1. The van der Waals surface area contributed by atoms with Crippen LogP contribution in [0.5, 0.6) is 0 Å². The predicted octanol–water partition coefficient (Wildman–Crippen LogP) is 3.71. The van der Waals surface area contributed by atoms with Gasteiger partial charge in [0.05, 0.1) is 0 Å². The second-order valence-electron chi connectivity index (χ2n) is 7.18. The number of nitrogens with one attached hydrogen (secondary N) is 1. The molecule has 0 aliphatic carbocycles. The van der Waals surface area contributed by atoms with Crippen LogP contribution in [0.4, 0.5) is 5.95 Å². The van der Waals surface area contributed by atoms with E-state index in [1.807, 2.05) is 31.3 Å². The van der Waals surface area contributed by atoms with E-state index < -0.39 is 0 Å². The van der Waals surface area contributed by atoms with Gasteiger partial charge in [-0.1, -0.05) is 43.3 Å². The molecule has 0 saturated carbocycles. The largest absolute Gasteiger partial charge is 0.339 e. The van der Waals surface area contributed by atoms with Crippen LogP contribution in [0.2, 0.25) is 0 Å². The van der Waals surface area contributed by atoms with E-state index in [-0.39, 0.29) is 12.3 Å². The lowest BCUT2D eigenvalue weighted by atomic mass is 10.0. The molecule has 0 fully saturated rings. The first-order chi connectivity index (χ1) is 14.0. The van der Waals surface area contributed by atoms with E-state index in [1.165, 1.54) is 5.56 Å². The number of aromatic nitrogens is 5. The fourth-order valence-electron chi connectivity index (χ4n) is 3.03. The summed E-state index contributed by atoms with van der Waals surface area (Å²) in [6.45, 7) is 4.30. The summed E-state index contributed by atoms with van der Waals surface area (Å²) in [6, 6.07) is 11.8. The molecule has 0 aliphatic rings. The molecule has 3 aromatic heterocycles. The summed E-state index contributed by atoms with van der Waals surface area (Å²) >= 11 is 0. The van der Waals surface area contributed by atoms with Gasteiger partial charge in [-0.3, -0.25) is 14.7 Å². The maximum atomic E-state index is 12.3. The molecule has 4 rings (SSSR count). The third-order valence-corrected chi connectivity index (χ3v) is 4.75. The number of pyridine rings is 1. The lowest BCUT2D eigenvalue weighted by Gasteiger charge is -2.04. The average molecular weight is 390 g/mol. The van der Waals surface area contributed by atoms with E-state index in [0.29, 0.717) is 35.6 Å².